The van der Waals surface area contributed by atoms with Crippen LogP contribution in [0.25, 0.3) is 0 Å². The largest absolute Gasteiger partial charge is 0.480 e. The molecule has 4 nitrogen and oxygen atoms in total. The van der Waals surface area contributed by atoms with Gasteiger partial charge < -0.3 is 10.4 Å². The van der Waals surface area contributed by atoms with Crippen LogP contribution in [0.15, 0.2) is 34.9 Å². The van der Waals surface area contributed by atoms with Crippen molar-refractivity contribution in [1.82, 2.24) is 5.32 Å². The van der Waals surface area contributed by atoms with Gasteiger partial charge in [-0.1, -0.05) is 55.7 Å². The van der Waals surface area contributed by atoms with E-state index in [2.05, 4.69) is 72.0 Å². The fourth-order valence-corrected chi connectivity index (χ4v) is 3.01. The molecule has 0 saturated heterocycles. The molecule has 1 atom stereocenters. The summed E-state index contributed by atoms with van der Waals surface area (Å²) >= 11 is 1.51. The predicted molar refractivity (Wildman–Crippen MR) is 124 cm³/mol. The molecule has 0 bridgehead atoms. The Morgan fingerprint density at radius 1 is 0.964 bits per heavy atom. The third kappa shape index (κ3) is 22.6. The van der Waals surface area contributed by atoms with E-state index in [0.717, 1.165) is 37.4 Å². The molecule has 0 spiro atoms. The maximum Gasteiger partial charge on any atom is 0.327 e. The molecule has 1 unspecified atom stereocenters. The molecule has 0 fully saturated rings. The lowest BCUT2D eigenvalue weighted by Crippen LogP contribution is -2.37. The van der Waals surface area contributed by atoms with Crippen LogP contribution in [0.4, 0.5) is 0 Å². The Labute approximate surface area is 176 Å². The Bertz CT molecular complexity index is 515. The lowest BCUT2D eigenvalue weighted by Gasteiger charge is -2.09. The smallest absolute Gasteiger partial charge is 0.327 e. The molecule has 0 aliphatic rings. The van der Waals surface area contributed by atoms with Crippen molar-refractivity contribution in [3.63, 3.8) is 0 Å². The fourth-order valence-electron chi connectivity index (χ4n) is 2.00. The Morgan fingerprint density at radius 2 is 1.46 bits per heavy atom. The number of carbonyl (C=O) groups is 2. The van der Waals surface area contributed by atoms with Gasteiger partial charge >= 0.3 is 5.97 Å². The molecule has 2 N–H and O–H groups in total. The van der Waals surface area contributed by atoms with Crippen LogP contribution >= 0.6 is 11.8 Å². The summed E-state index contributed by atoms with van der Waals surface area (Å²) in [6.45, 7) is 15.0. The highest BCUT2D eigenvalue weighted by atomic mass is 32.2. The van der Waals surface area contributed by atoms with E-state index in [1.165, 1.54) is 28.5 Å². The summed E-state index contributed by atoms with van der Waals surface area (Å²) in [6, 6.07) is -0.812. The molecule has 0 aliphatic carbocycles. The molecule has 162 valence electrons. The number of carbonyl (C=O) groups excluding carboxylic acids is 1. The molecular formula is C23H41NO3S. The average Bonchev–Trinajstić information content (AvgIpc) is 2.56. The Hall–Kier alpha value is -1.49. The summed E-state index contributed by atoms with van der Waals surface area (Å²) in [5.74, 6) is 0.977. The van der Waals surface area contributed by atoms with Gasteiger partial charge in [0.2, 0.25) is 6.41 Å². The van der Waals surface area contributed by atoms with Crippen molar-refractivity contribution in [2.45, 2.75) is 80.2 Å². The number of thioether (sulfide) groups is 1. The molecule has 0 heterocycles. The number of aliphatic carboxylic acids is 1. The number of nitrogens with one attached hydrogen (secondary N) is 1. The molecular weight excluding hydrogens is 370 g/mol. The zero-order chi connectivity index (χ0) is 21.9. The van der Waals surface area contributed by atoms with E-state index in [9.17, 15) is 9.59 Å². The highest BCUT2D eigenvalue weighted by Gasteiger charge is 2.15. The minimum Gasteiger partial charge on any atom is -0.480 e. The number of carboxylic acids is 1. The third-order valence-electron chi connectivity index (χ3n) is 3.52. The second-order valence-electron chi connectivity index (χ2n) is 7.90. The number of allylic oxidation sites excluding steroid dienone is 5. The number of amides is 1. The van der Waals surface area contributed by atoms with Crippen molar-refractivity contribution in [1.29, 1.82) is 0 Å². The molecule has 0 aromatic rings. The van der Waals surface area contributed by atoms with E-state index in [4.69, 9.17) is 5.11 Å². The summed E-state index contributed by atoms with van der Waals surface area (Å²) < 4.78 is 0. The highest BCUT2D eigenvalue weighted by molar-refractivity contribution is 7.99. The van der Waals surface area contributed by atoms with Gasteiger partial charge in [-0.3, -0.25) is 4.79 Å². The molecule has 5 heteroatoms. The van der Waals surface area contributed by atoms with Crippen LogP contribution in [-0.4, -0.2) is 35.0 Å². The van der Waals surface area contributed by atoms with Gasteiger partial charge in [0.05, 0.1) is 0 Å². The fraction of sp³-hybridized carbons (Fsp3) is 0.652. The van der Waals surface area contributed by atoms with E-state index in [-0.39, 0.29) is 0 Å². The van der Waals surface area contributed by atoms with Gasteiger partial charge in [-0.25, -0.2) is 4.79 Å². The zero-order valence-corrected chi connectivity index (χ0v) is 19.7. The minimum atomic E-state index is -0.996. The Morgan fingerprint density at radius 3 is 1.93 bits per heavy atom. The van der Waals surface area contributed by atoms with Crippen LogP contribution in [0.3, 0.4) is 0 Å². The number of hydrogen-bond acceptors (Lipinski definition) is 3. The molecule has 28 heavy (non-hydrogen) atoms. The van der Waals surface area contributed by atoms with E-state index in [1.54, 1.807) is 0 Å². The summed E-state index contributed by atoms with van der Waals surface area (Å²) in [7, 11) is 0. The van der Waals surface area contributed by atoms with E-state index >= 15 is 0 Å². The maximum atomic E-state index is 10.9. The van der Waals surface area contributed by atoms with Crippen LogP contribution in [0.1, 0.15) is 74.1 Å². The van der Waals surface area contributed by atoms with Gasteiger partial charge in [0, 0.05) is 11.5 Å². The van der Waals surface area contributed by atoms with Crippen LogP contribution in [-0.2, 0) is 9.59 Å². The SMILES string of the molecule is CC(C)=CCC/C(C)=C/CC/C(C)=C/CSCC(NC=O)C(=O)O.CC(C)C. The molecule has 0 rings (SSSR count). The Balaban J connectivity index is 0. The quantitative estimate of drug-likeness (QED) is 0.221. The minimum absolute atomic E-state index is 0.376. The number of carboxylic acid groups (broad SMARTS) is 1. The molecule has 0 aromatic carbocycles. The molecule has 1 amide bonds. The van der Waals surface area contributed by atoms with Gasteiger partial charge in [0.1, 0.15) is 6.04 Å². The van der Waals surface area contributed by atoms with Gasteiger partial charge in [0.25, 0.3) is 0 Å². The van der Waals surface area contributed by atoms with Gasteiger partial charge in [-0.15, -0.1) is 0 Å². The third-order valence-corrected chi connectivity index (χ3v) is 4.50. The average molecular weight is 412 g/mol. The molecule has 0 radical (unpaired) electrons. The van der Waals surface area contributed by atoms with E-state index in [1.807, 2.05) is 0 Å². The first-order valence-electron chi connectivity index (χ1n) is 10.0. The highest BCUT2D eigenvalue weighted by Crippen LogP contribution is 2.13. The second kappa shape index (κ2) is 18.9. The summed E-state index contributed by atoms with van der Waals surface area (Å²) in [6.07, 6.45) is 11.4. The first-order valence-corrected chi connectivity index (χ1v) is 11.2. The number of rotatable bonds is 13. The lowest BCUT2D eigenvalue weighted by atomic mass is 10.1. The zero-order valence-electron chi connectivity index (χ0n) is 18.9. The molecule has 0 aliphatic heterocycles. The normalized spacial score (nSPS) is 12.7. The van der Waals surface area contributed by atoms with Crippen LogP contribution < -0.4 is 5.32 Å². The van der Waals surface area contributed by atoms with Crippen molar-refractivity contribution in [2.75, 3.05) is 11.5 Å². The maximum absolute atomic E-state index is 10.9. The van der Waals surface area contributed by atoms with Crippen LogP contribution in [0, 0.1) is 5.92 Å². The first kappa shape index (κ1) is 28.7. The monoisotopic (exact) mass is 411 g/mol. The topological polar surface area (TPSA) is 66.4 Å². The van der Waals surface area contributed by atoms with Crippen molar-refractivity contribution in [3.05, 3.63) is 34.9 Å². The summed E-state index contributed by atoms with van der Waals surface area (Å²) in [5.41, 5.74) is 4.11. The van der Waals surface area contributed by atoms with Crippen LogP contribution in [0.5, 0.6) is 0 Å². The van der Waals surface area contributed by atoms with Crippen molar-refractivity contribution in [3.8, 4) is 0 Å². The summed E-state index contributed by atoms with van der Waals surface area (Å²) in [5, 5.41) is 11.2. The Kier molecular flexibility index (Phi) is 19.3. The first-order chi connectivity index (χ1) is 13.1. The van der Waals surface area contributed by atoms with Gasteiger partial charge in [-0.05, 0) is 59.3 Å². The van der Waals surface area contributed by atoms with Crippen molar-refractivity contribution in [2.24, 2.45) is 5.92 Å². The lowest BCUT2D eigenvalue weighted by molar-refractivity contribution is -0.139. The number of hydrogen-bond donors (Lipinski definition) is 2. The standard InChI is InChI=1S/C19H31NO3S.C4H10/c1-15(2)7-5-8-16(3)9-6-10-17(4)11-12-24-13-18(19(22)23)20-14-21;1-4(2)3/h7,9,11,14,18H,5-6,8,10,12-13H2,1-4H3,(H,20,21)(H,22,23);4H,1-3H3/b16-9+,17-11+;. The van der Waals surface area contributed by atoms with Crippen molar-refractivity contribution >= 4 is 24.1 Å². The molecule has 0 saturated carbocycles. The van der Waals surface area contributed by atoms with Crippen molar-refractivity contribution < 1.29 is 14.7 Å². The molecule has 0 aromatic heterocycles. The van der Waals surface area contributed by atoms with Gasteiger partial charge in [-0.2, -0.15) is 11.8 Å². The predicted octanol–water partition coefficient (Wildman–Crippen LogP) is 6.00. The summed E-state index contributed by atoms with van der Waals surface area (Å²) in [4.78, 5) is 21.2. The second-order valence-corrected chi connectivity index (χ2v) is 8.98. The van der Waals surface area contributed by atoms with E-state index in [0.29, 0.717) is 12.2 Å². The van der Waals surface area contributed by atoms with Gasteiger partial charge in [0.15, 0.2) is 0 Å². The van der Waals surface area contributed by atoms with Crippen LogP contribution in [0.2, 0.25) is 0 Å². The van der Waals surface area contributed by atoms with E-state index < -0.39 is 12.0 Å².